The van der Waals surface area contributed by atoms with Crippen LogP contribution < -0.4 is 5.73 Å². The molecule has 0 radical (unpaired) electrons. The Morgan fingerprint density at radius 3 is 2.75 bits per heavy atom. The van der Waals surface area contributed by atoms with E-state index in [9.17, 15) is 9.59 Å². The maximum atomic E-state index is 12.3. The van der Waals surface area contributed by atoms with Crippen molar-refractivity contribution in [3.8, 4) is 0 Å². The number of nitrogens with two attached hydrogens (primary N) is 1. The van der Waals surface area contributed by atoms with Gasteiger partial charge >= 0.3 is 0 Å². The van der Waals surface area contributed by atoms with E-state index in [1.807, 2.05) is 6.92 Å². The van der Waals surface area contributed by atoms with E-state index in [0.29, 0.717) is 16.8 Å². The molecule has 20 heavy (non-hydrogen) atoms. The lowest BCUT2D eigenvalue weighted by Crippen LogP contribution is -2.28. The van der Waals surface area contributed by atoms with E-state index >= 15 is 0 Å². The number of thiazole rings is 1. The van der Waals surface area contributed by atoms with Crippen molar-refractivity contribution in [2.24, 2.45) is 0 Å². The van der Waals surface area contributed by atoms with Gasteiger partial charge in [0.2, 0.25) is 0 Å². The van der Waals surface area contributed by atoms with Crippen molar-refractivity contribution >= 4 is 28.8 Å². The molecule has 102 valence electrons. The highest BCUT2D eigenvalue weighted by Gasteiger charge is 2.37. The van der Waals surface area contributed by atoms with Crippen molar-refractivity contribution in [3.05, 3.63) is 45.4 Å². The number of hydrogen-bond acceptors (Lipinski definition) is 5. The van der Waals surface area contributed by atoms with Gasteiger partial charge in [-0.2, -0.15) is 0 Å². The third-order valence-electron chi connectivity index (χ3n) is 3.25. The SMILES string of the molecule is CCc1ncc(CN2C(=O)c3cccc(N)c3C2=O)s1. The summed E-state index contributed by atoms with van der Waals surface area (Å²) < 4.78 is 0. The van der Waals surface area contributed by atoms with Crippen LogP contribution in [0.15, 0.2) is 24.4 Å². The zero-order valence-electron chi connectivity index (χ0n) is 10.9. The third kappa shape index (κ3) is 1.89. The Morgan fingerprint density at radius 2 is 2.10 bits per heavy atom. The first-order chi connectivity index (χ1) is 9.61. The molecule has 0 unspecified atom stereocenters. The summed E-state index contributed by atoms with van der Waals surface area (Å²) in [6, 6.07) is 4.95. The predicted molar refractivity (Wildman–Crippen MR) is 76.6 cm³/mol. The molecule has 6 heteroatoms. The first-order valence-corrected chi connectivity index (χ1v) is 7.11. The number of aryl methyl sites for hydroxylation is 1. The van der Waals surface area contributed by atoms with Crippen molar-refractivity contribution in [2.75, 3.05) is 5.73 Å². The van der Waals surface area contributed by atoms with Crippen LogP contribution in [-0.2, 0) is 13.0 Å². The second kappa shape index (κ2) is 4.72. The lowest BCUT2D eigenvalue weighted by molar-refractivity contribution is 0.0644. The Balaban J connectivity index is 1.92. The summed E-state index contributed by atoms with van der Waals surface area (Å²) in [7, 11) is 0. The summed E-state index contributed by atoms with van der Waals surface area (Å²) >= 11 is 1.52. The average Bonchev–Trinajstić information content (AvgIpc) is 2.99. The van der Waals surface area contributed by atoms with Gasteiger partial charge in [0.05, 0.1) is 22.7 Å². The number of nitrogen functional groups attached to an aromatic ring is 1. The maximum Gasteiger partial charge on any atom is 0.263 e. The van der Waals surface area contributed by atoms with Crippen molar-refractivity contribution in [1.29, 1.82) is 0 Å². The van der Waals surface area contributed by atoms with Crippen LogP contribution >= 0.6 is 11.3 Å². The van der Waals surface area contributed by atoms with Crippen LogP contribution in [0.2, 0.25) is 0 Å². The number of aromatic nitrogens is 1. The van der Waals surface area contributed by atoms with E-state index in [-0.39, 0.29) is 18.4 Å². The molecule has 0 aliphatic carbocycles. The lowest BCUT2D eigenvalue weighted by atomic mass is 10.1. The van der Waals surface area contributed by atoms with Crippen LogP contribution in [0.25, 0.3) is 0 Å². The Bertz CT molecular complexity index is 708. The normalized spacial score (nSPS) is 13.9. The molecule has 2 N–H and O–H groups in total. The quantitative estimate of drug-likeness (QED) is 0.692. The smallest absolute Gasteiger partial charge is 0.263 e. The van der Waals surface area contributed by atoms with Gasteiger partial charge in [-0.1, -0.05) is 13.0 Å². The molecule has 1 aromatic heterocycles. The van der Waals surface area contributed by atoms with E-state index in [2.05, 4.69) is 4.98 Å². The first kappa shape index (κ1) is 12.8. The monoisotopic (exact) mass is 287 g/mol. The molecule has 0 spiro atoms. The number of carbonyl (C=O) groups excluding carboxylic acids is 2. The Morgan fingerprint density at radius 1 is 1.30 bits per heavy atom. The summed E-state index contributed by atoms with van der Waals surface area (Å²) in [6.45, 7) is 2.27. The van der Waals surface area contributed by atoms with Crippen molar-refractivity contribution in [2.45, 2.75) is 19.9 Å². The number of imide groups is 1. The number of hydrogen-bond donors (Lipinski definition) is 1. The fraction of sp³-hybridized carbons (Fsp3) is 0.214. The number of anilines is 1. The molecule has 0 saturated heterocycles. The molecule has 2 amide bonds. The second-order valence-corrected chi connectivity index (χ2v) is 5.74. The summed E-state index contributed by atoms with van der Waals surface area (Å²) in [5.74, 6) is -0.613. The minimum atomic E-state index is -0.324. The number of rotatable bonds is 3. The summed E-state index contributed by atoms with van der Waals surface area (Å²) in [5.41, 5.74) is 6.85. The molecule has 5 nitrogen and oxygen atoms in total. The fourth-order valence-electron chi connectivity index (χ4n) is 2.24. The van der Waals surface area contributed by atoms with Crippen LogP contribution in [0, 0.1) is 0 Å². The molecule has 2 heterocycles. The second-order valence-electron chi connectivity index (χ2n) is 4.54. The topological polar surface area (TPSA) is 76.3 Å². The van der Waals surface area contributed by atoms with Gasteiger partial charge < -0.3 is 5.73 Å². The van der Waals surface area contributed by atoms with Crippen molar-refractivity contribution in [1.82, 2.24) is 9.88 Å². The van der Waals surface area contributed by atoms with E-state index in [4.69, 9.17) is 5.73 Å². The zero-order valence-corrected chi connectivity index (χ0v) is 11.7. The Hall–Kier alpha value is -2.21. The van der Waals surface area contributed by atoms with Crippen LogP contribution in [-0.4, -0.2) is 21.7 Å². The Labute approximate surface area is 120 Å². The number of fused-ring (bicyclic) bond motifs is 1. The molecule has 1 aromatic carbocycles. The van der Waals surface area contributed by atoms with Gasteiger partial charge in [0.1, 0.15) is 0 Å². The molecule has 0 fully saturated rings. The van der Waals surface area contributed by atoms with Crippen LogP contribution in [0.1, 0.15) is 37.5 Å². The summed E-state index contributed by atoms with van der Waals surface area (Å²) in [4.78, 5) is 31.0. The molecule has 1 aliphatic rings. The van der Waals surface area contributed by atoms with Gasteiger partial charge in [0.15, 0.2) is 0 Å². The molecule has 0 bridgehead atoms. The molecule has 2 aromatic rings. The zero-order chi connectivity index (χ0) is 14.3. The van der Waals surface area contributed by atoms with Crippen molar-refractivity contribution < 1.29 is 9.59 Å². The number of benzene rings is 1. The van der Waals surface area contributed by atoms with E-state index in [1.165, 1.54) is 16.2 Å². The molecular weight excluding hydrogens is 274 g/mol. The van der Waals surface area contributed by atoms with E-state index in [0.717, 1.165) is 16.3 Å². The van der Waals surface area contributed by atoms with Gasteiger partial charge in [-0.05, 0) is 18.6 Å². The largest absolute Gasteiger partial charge is 0.398 e. The number of amides is 2. The highest BCUT2D eigenvalue weighted by Crippen LogP contribution is 2.29. The van der Waals surface area contributed by atoms with Gasteiger partial charge in [-0.25, -0.2) is 4.98 Å². The van der Waals surface area contributed by atoms with Crippen LogP contribution in [0.3, 0.4) is 0 Å². The third-order valence-corrected chi connectivity index (χ3v) is 4.38. The number of carbonyl (C=O) groups is 2. The van der Waals surface area contributed by atoms with Crippen molar-refractivity contribution in [3.63, 3.8) is 0 Å². The minimum Gasteiger partial charge on any atom is -0.398 e. The fourth-order valence-corrected chi connectivity index (χ4v) is 3.10. The molecule has 0 saturated carbocycles. The summed E-state index contributed by atoms with van der Waals surface area (Å²) in [5, 5.41) is 0.996. The lowest BCUT2D eigenvalue weighted by Gasteiger charge is -2.11. The minimum absolute atomic E-state index is 0.253. The molecule has 3 rings (SSSR count). The van der Waals surface area contributed by atoms with Gasteiger partial charge in [0, 0.05) is 16.8 Å². The van der Waals surface area contributed by atoms with Gasteiger partial charge in [-0.3, -0.25) is 14.5 Å². The summed E-state index contributed by atoms with van der Waals surface area (Å²) in [6.07, 6.45) is 2.57. The van der Waals surface area contributed by atoms with Gasteiger partial charge in [-0.15, -0.1) is 11.3 Å². The highest BCUT2D eigenvalue weighted by atomic mass is 32.1. The average molecular weight is 287 g/mol. The molecular formula is C14H13N3O2S. The standard InChI is InChI=1S/C14H13N3O2S/c1-2-11-16-6-8(20-11)7-17-13(18)9-4-3-5-10(15)12(9)14(17)19/h3-6H,2,7,15H2,1H3. The Kier molecular flexibility index (Phi) is 3.02. The molecule has 1 aliphatic heterocycles. The van der Waals surface area contributed by atoms with Crippen LogP contribution in [0.5, 0.6) is 0 Å². The van der Waals surface area contributed by atoms with E-state index in [1.54, 1.807) is 24.4 Å². The van der Waals surface area contributed by atoms with Crippen LogP contribution in [0.4, 0.5) is 5.69 Å². The maximum absolute atomic E-state index is 12.3. The predicted octanol–water partition coefficient (Wildman–Crippen LogP) is 2.08. The van der Waals surface area contributed by atoms with E-state index < -0.39 is 0 Å². The van der Waals surface area contributed by atoms with Gasteiger partial charge in [0.25, 0.3) is 11.8 Å². The first-order valence-electron chi connectivity index (χ1n) is 6.30. The highest BCUT2D eigenvalue weighted by molar-refractivity contribution is 7.11. The number of nitrogens with zero attached hydrogens (tertiary/aromatic N) is 2. The molecule has 0 atom stereocenters.